The van der Waals surface area contributed by atoms with E-state index in [1.807, 2.05) is 6.92 Å². The van der Waals surface area contributed by atoms with Crippen LogP contribution in [0.1, 0.15) is 31.2 Å². The van der Waals surface area contributed by atoms with Gasteiger partial charge in [0.1, 0.15) is 11.6 Å². The van der Waals surface area contributed by atoms with Gasteiger partial charge in [0, 0.05) is 12.0 Å². The molecule has 2 unspecified atom stereocenters. The second kappa shape index (κ2) is 4.85. The largest absolute Gasteiger partial charge is 0.490 e. The van der Waals surface area contributed by atoms with Gasteiger partial charge in [-0.1, -0.05) is 13.0 Å². The van der Waals surface area contributed by atoms with Gasteiger partial charge in [-0.3, -0.25) is 0 Å². The van der Waals surface area contributed by atoms with Crippen LogP contribution < -0.4 is 9.88 Å². The molecule has 0 aromatic heterocycles. The first-order valence-corrected chi connectivity index (χ1v) is 7.57. The van der Waals surface area contributed by atoms with Gasteiger partial charge in [-0.15, -0.1) is 0 Å². The fourth-order valence-electron chi connectivity index (χ4n) is 2.31. The van der Waals surface area contributed by atoms with Crippen molar-refractivity contribution >= 4 is 10.0 Å². The minimum Gasteiger partial charge on any atom is -0.490 e. The molecule has 1 heterocycles. The zero-order valence-corrected chi connectivity index (χ0v) is 10.9. The molecule has 1 aromatic carbocycles. The second-order valence-electron chi connectivity index (χ2n) is 4.59. The third-order valence-electron chi connectivity index (χ3n) is 3.15. The van der Waals surface area contributed by atoms with Crippen LogP contribution in [-0.2, 0) is 10.0 Å². The molecule has 2 atom stereocenters. The monoisotopic (exact) mass is 273 g/mol. The Bertz CT molecular complexity index is 544. The van der Waals surface area contributed by atoms with Crippen molar-refractivity contribution in [2.45, 2.75) is 31.8 Å². The van der Waals surface area contributed by atoms with E-state index in [9.17, 15) is 12.8 Å². The summed E-state index contributed by atoms with van der Waals surface area (Å²) in [6.07, 6.45) is 1.24. The molecule has 6 heteroatoms. The summed E-state index contributed by atoms with van der Waals surface area (Å²) in [5.41, 5.74) is 0.718. The number of ether oxygens (including phenoxy) is 1. The van der Waals surface area contributed by atoms with E-state index in [-0.39, 0.29) is 23.6 Å². The molecule has 0 saturated heterocycles. The minimum atomic E-state index is -3.56. The Morgan fingerprint density at radius 2 is 2.22 bits per heavy atom. The third-order valence-corrected chi connectivity index (χ3v) is 4.01. The van der Waals surface area contributed by atoms with Crippen molar-refractivity contribution in [1.82, 2.24) is 0 Å². The van der Waals surface area contributed by atoms with E-state index in [1.165, 1.54) is 12.1 Å². The van der Waals surface area contributed by atoms with Crippen molar-refractivity contribution in [2.24, 2.45) is 5.14 Å². The number of hydrogen-bond donors (Lipinski definition) is 1. The molecule has 100 valence electrons. The van der Waals surface area contributed by atoms with Crippen LogP contribution in [0.15, 0.2) is 18.2 Å². The number of primary sulfonamides is 1. The van der Waals surface area contributed by atoms with E-state index < -0.39 is 10.0 Å². The first kappa shape index (κ1) is 13.3. The maximum Gasteiger partial charge on any atom is 0.209 e. The highest BCUT2D eigenvalue weighted by molar-refractivity contribution is 7.89. The number of benzene rings is 1. The van der Waals surface area contributed by atoms with Crippen LogP contribution in [0, 0.1) is 5.82 Å². The highest BCUT2D eigenvalue weighted by atomic mass is 32.2. The molecule has 1 aromatic rings. The Morgan fingerprint density at radius 3 is 2.83 bits per heavy atom. The fourth-order valence-corrected chi connectivity index (χ4v) is 3.18. The predicted octanol–water partition coefficient (Wildman–Crippen LogP) is 1.76. The summed E-state index contributed by atoms with van der Waals surface area (Å²) >= 11 is 0. The Labute approximate surface area is 106 Å². The normalized spacial score (nSPS) is 23.3. The molecular weight excluding hydrogens is 257 g/mol. The van der Waals surface area contributed by atoms with Crippen LogP contribution in [0.3, 0.4) is 0 Å². The second-order valence-corrected chi connectivity index (χ2v) is 6.25. The van der Waals surface area contributed by atoms with E-state index in [2.05, 4.69) is 0 Å². The summed E-state index contributed by atoms with van der Waals surface area (Å²) in [5.74, 6) is -0.318. The van der Waals surface area contributed by atoms with Crippen molar-refractivity contribution in [1.29, 1.82) is 0 Å². The predicted molar refractivity (Wildman–Crippen MR) is 66.4 cm³/mol. The molecule has 18 heavy (non-hydrogen) atoms. The highest BCUT2D eigenvalue weighted by Gasteiger charge is 2.30. The molecule has 4 nitrogen and oxygen atoms in total. The Hall–Kier alpha value is -1.14. The minimum absolute atomic E-state index is 0.0916. The molecule has 1 aliphatic heterocycles. The standard InChI is InChI=1S/C12H16FNO3S/c1-2-10-5-8(7-18(14,15)16)11-4-3-9(13)6-12(11)17-10/h3-4,6,8,10H,2,5,7H2,1H3,(H2,14,15,16). The smallest absolute Gasteiger partial charge is 0.209 e. The molecule has 0 bridgehead atoms. The molecule has 0 amide bonds. The van der Waals surface area contributed by atoms with Crippen molar-refractivity contribution in [3.63, 3.8) is 0 Å². The Kier molecular flexibility index (Phi) is 3.59. The molecule has 0 spiro atoms. The van der Waals surface area contributed by atoms with Crippen LogP contribution in [0.2, 0.25) is 0 Å². The number of halogens is 1. The van der Waals surface area contributed by atoms with E-state index in [0.717, 1.165) is 12.0 Å². The highest BCUT2D eigenvalue weighted by Crippen LogP contribution is 2.38. The molecule has 0 aliphatic carbocycles. The van der Waals surface area contributed by atoms with Crippen LogP contribution in [0.5, 0.6) is 5.75 Å². The van der Waals surface area contributed by atoms with Crippen LogP contribution in [0.4, 0.5) is 4.39 Å². The lowest BCUT2D eigenvalue weighted by atomic mass is 9.90. The molecule has 2 rings (SSSR count). The summed E-state index contributed by atoms with van der Waals surface area (Å²) in [6, 6.07) is 4.18. The molecular formula is C12H16FNO3S. The number of nitrogens with two attached hydrogens (primary N) is 1. The Morgan fingerprint density at radius 1 is 1.50 bits per heavy atom. The molecule has 2 N–H and O–H groups in total. The van der Waals surface area contributed by atoms with Gasteiger partial charge >= 0.3 is 0 Å². The van der Waals surface area contributed by atoms with E-state index in [4.69, 9.17) is 9.88 Å². The van der Waals surface area contributed by atoms with Gasteiger partial charge in [-0.05, 0) is 24.5 Å². The maximum atomic E-state index is 13.2. The Balaban J connectivity index is 2.37. The number of hydrogen-bond acceptors (Lipinski definition) is 3. The van der Waals surface area contributed by atoms with Gasteiger partial charge in [0.25, 0.3) is 0 Å². The van der Waals surface area contributed by atoms with Crippen molar-refractivity contribution in [2.75, 3.05) is 5.75 Å². The lowest BCUT2D eigenvalue weighted by molar-refractivity contribution is 0.157. The van der Waals surface area contributed by atoms with Crippen LogP contribution >= 0.6 is 0 Å². The summed E-state index contributed by atoms with van der Waals surface area (Å²) in [6.45, 7) is 1.95. The average molecular weight is 273 g/mol. The van der Waals surface area contributed by atoms with Crippen molar-refractivity contribution in [3.8, 4) is 5.75 Å². The van der Waals surface area contributed by atoms with Gasteiger partial charge in [0.2, 0.25) is 10.0 Å². The molecule has 1 aliphatic rings. The number of sulfonamides is 1. The third kappa shape index (κ3) is 3.00. The van der Waals surface area contributed by atoms with Gasteiger partial charge in [-0.25, -0.2) is 17.9 Å². The summed E-state index contributed by atoms with van der Waals surface area (Å²) in [5, 5.41) is 5.10. The quantitative estimate of drug-likeness (QED) is 0.912. The maximum absolute atomic E-state index is 13.2. The molecule has 0 fully saturated rings. The zero-order valence-electron chi connectivity index (χ0n) is 10.1. The first-order valence-electron chi connectivity index (χ1n) is 5.85. The van der Waals surface area contributed by atoms with Gasteiger partial charge in [0.15, 0.2) is 0 Å². The lowest BCUT2D eigenvalue weighted by Gasteiger charge is -2.31. The average Bonchev–Trinajstić information content (AvgIpc) is 2.25. The summed E-state index contributed by atoms with van der Waals surface area (Å²) in [4.78, 5) is 0. The summed E-state index contributed by atoms with van der Waals surface area (Å²) < 4.78 is 41.3. The topological polar surface area (TPSA) is 69.4 Å². The van der Waals surface area contributed by atoms with Crippen LogP contribution in [-0.4, -0.2) is 20.3 Å². The molecule has 0 radical (unpaired) electrons. The van der Waals surface area contributed by atoms with Crippen molar-refractivity contribution in [3.05, 3.63) is 29.6 Å². The molecule has 0 saturated carbocycles. The number of rotatable bonds is 3. The van der Waals surface area contributed by atoms with Crippen molar-refractivity contribution < 1.29 is 17.5 Å². The first-order chi connectivity index (χ1) is 8.39. The summed E-state index contributed by atoms with van der Waals surface area (Å²) in [7, 11) is -3.56. The van der Waals surface area contributed by atoms with Gasteiger partial charge in [0.05, 0.1) is 11.9 Å². The van der Waals surface area contributed by atoms with Crippen LogP contribution in [0.25, 0.3) is 0 Å². The van der Waals surface area contributed by atoms with Gasteiger partial charge < -0.3 is 4.74 Å². The van der Waals surface area contributed by atoms with E-state index >= 15 is 0 Å². The number of fused-ring (bicyclic) bond motifs is 1. The van der Waals surface area contributed by atoms with E-state index in [1.54, 1.807) is 6.07 Å². The van der Waals surface area contributed by atoms with E-state index in [0.29, 0.717) is 12.2 Å². The SMILES string of the molecule is CCC1CC(CS(N)(=O)=O)c2ccc(F)cc2O1. The fraction of sp³-hybridized carbons (Fsp3) is 0.500. The van der Waals surface area contributed by atoms with Gasteiger partial charge in [-0.2, -0.15) is 0 Å². The lowest BCUT2D eigenvalue weighted by Crippen LogP contribution is -2.30. The zero-order chi connectivity index (χ0) is 13.3.